The summed E-state index contributed by atoms with van der Waals surface area (Å²) < 4.78 is 10.4. The van der Waals surface area contributed by atoms with Crippen molar-refractivity contribution in [2.45, 2.75) is 12.8 Å². The Bertz CT molecular complexity index is 416. The molecule has 1 aliphatic heterocycles. The first kappa shape index (κ1) is 12.8. The van der Waals surface area contributed by atoms with Gasteiger partial charge < -0.3 is 9.47 Å². The van der Waals surface area contributed by atoms with Crippen molar-refractivity contribution in [2.75, 3.05) is 32.3 Å². The van der Waals surface area contributed by atoms with Gasteiger partial charge >= 0.3 is 0 Å². The number of hydrogen-bond donors (Lipinski definition) is 0. The zero-order valence-electron chi connectivity index (χ0n) is 10.8. The molecule has 5 nitrogen and oxygen atoms in total. The van der Waals surface area contributed by atoms with Gasteiger partial charge in [-0.1, -0.05) is 0 Å². The number of carbonyl (C=O) groups is 1. The number of aromatic nitrogens is 1. The molecular weight excluding hydrogens is 232 g/mol. The van der Waals surface area contributed by atoms with Crippen LogP contribution in [0.25, 0.3) is 0 Å². The van der Waals surface area contributed by atoms with E-state index < -0.39 is 0 Å². The molecule has 0 unspecified atom stereocenters. The van der Waals surface area contributed by atoms with Gasteiger partial charge in [0.05, 0.1) is 7.11 Å². The van der Waals surface area contributed by atoms with Crippen LogP contribution in [0.1, 0.15) is 12.8 Å². The van der Waals surface area contributed by atoms with Crippen LogP contribution in [0.5, 0.6) is 5.75 Å². The Morgan fingerprint density at radius 3 is 2.89 bits per heavy atom. The van der Waals surface area contributed by atoms with Crippen molar-refractivity contribution in [3.8, 4) is 5.75 Å². The maximum Gasteiger partial charge on any atom is 0.231 e. The molecule has 1 aliphatic rings. The largest absolute Gasteiger partial charge is 0.497 e. The summed E-state index contributed by atoms with van der Waals surface area (Å²) in [5.41, 5.74) is 0. The third kappa shape index (κ3) is 2.79. The van der Waals surface area contributed by atoms with Crippen LogP contribution in [0.2, 0.25) is 0 Å². The summed E-state index contributed by atoms with van der Waals surface area (Å²) in [5, 5.41) is 0. The highest BCUT2D eigenvalue weighted by atomic mass is 16.5. The molecule has 5 heteroatoms. The number of rotatable bonds is 3. The summed E-state index contributed by atoms with van der Waals surface area (Å²) in [7, 11) is 3.35. The molecule has 1 aromatic heterocycles. The molecule has 0 atom stereocenters. The molecule has 0 bridgehead atoms. The van der Waals surface area contributed by atoms with Gasteiger partial charge in [0.25, 0.3) is 0 Å². The fourth-order valence-electron chi connectivity index (χ4n) is 2.04. The van der Waals surface area contributed by atoms with Gasteiger partial charge in [-0.3, -0.25) is 9.69 Å². The topological polar surface area (TPSA) is 51.7 Å². The number of nitrogens with zero attached hydrogens (tertiary/aromatic N) is 2. The normalized spacial score (nSPS) is 16.3. The monoisotopic (exact) mass is 250 g/mol. The third-order valence-electron chi connectivity index (χ3n) is 3.20. The second-order valence-electron chi connectivity index (χ2n) is 4.34. The molecule has 0 aliphatic carbocycles. The number of ether oxygens (including phenoxy) is 2. The van der Waals surface area contributed by atoms with Gasteiger partial charge in [-0.25, -0.2) is 4.98 Å². The van der Waals surface area contributed by atoms with Crippen molar-refractivity contribution in [3.05, 3.63) is 18.3 Å². The fourth-order valence-corrected chi connectivity index (χ4v) is 2.04. The van der Waals surface area contributed by atoms with Crippen LogP contribution in [0.3, 0.4) is 0 Å². The summed E-state index contributed by atoms with van der Waals surface area (Å²) in [6.45, 7) is 1.32. The van der Waals surface area contributed by atoms with E-state index in [1.807, 2.05) is 0 Å². The SMILES string of the molecule is COc1ccnc(N(C)C(=O)C2CCOCC2)c1. The molecule has 1 saturated heterocycles. The summed E-state index contributed by atoms with van der Waals surface area (Å²) in [5.74, 6) is 1.45. The minimum absolute atomic E-state index is 0.0387. The Kier molecular flexibility index (Phi) is 4.15. The highest BCUT2D eigenvalue weighted by Crippen LogP contribution is 2.22. The number of hydrogen-bond acceptors (Lipinski definition) is 4. The fraction of sp³-hybridized carbons (Fsp3) is 0.538. The molecule has 0 spiro atoms. The van der Waals surface area contributed by atoms with Crippen molar-refractivity contribution < 1.29 is 14.3 Å². The lowest BCUT2D eigenvalue weighted by molar-refractivity contribution is -0.124. The molecule has 2 rings (SSSR count). The van der Waals surface area contributed by atoms with Gasteiger partial charge in [0.15, 0.2) is 0 Å². The molecule has 1 aromatic rings. The molecule has 0 aromatic carbocycles. The zero-order valence-corrected chi connectivity index (χ0v) is 10.8. The van der Waals surface area contributed by atoms with E-state index in [-0.39, 0.29) is 11.8 Å². The van der Waals surface area contributed by atoms with E-state index in [0.29, 0.717) is 24.8 Å². The summed E-state index contributed by atoms with van der Waals surface area (Å²) in [4.78, 5) is 18.1. The third-order valence-corrected chi connectivity index (χ3v) is 3.20. The standard InChI is InChI=1S/C13H18N2O3/c1-15(12-9-11(17-2)3-6-14-12)13(16)10-4-7-18-8-5-10/h3,6,9-10H,4-5,7-8H2,1-2H3. The molecule has 0 saturated carbocycles. The smallest absolute Gasteiger partial charge is 0.231 e. The average Bonchev–Trinajstić information content (AvgIpc) is 2.46. The lowest BCUT2D eigenvalue weighted by Gasteiger charge is -2.26. The van der Waals surface area contributed by atoms with Crippen LogP contribution >= 0.6 is 0 Å². The van der Waals surface area contributed by atoms with Gasteiger partial charge in [0.1, 0.15) is 11.6 Å². The van der Waals surface area contributed by atoms with Crippen LogP contribution in [0.15, 0.2) is 18.3 Å². The first-order valence-electron chi connectivity index (χ1n) is 6.07. The van der Waals surface area contributed by atoms with Crippen molar-refractivity contribution in [1.29, 1.82) is 0 Å². The van der Waals surface area contributed by atoms with Gasteiger partial charge in [-0.15, -0.1) is 0 Å². The quantitative estimate of drug-likeness (QED) is 0.815. The van der Waals surface area contributed by atoms with Gasteiger partial charge in [-0.05, 0) is 18.9 Å². The lowest BCUT2D eigenvalue weighted by Crippen LogP contribution is -2.36. The maximum atomic E-state index is 12.3. The highest BCUT2D eigenvalue weighted by Gasteiger charge is 2.25. The van der Waals surface area contributed by atoms with Crippen molar-refractivity contribution >= 4 is 11.7 Å². The van der Waals surface area contributed by atoms with Gasteiger partial charge in [-0.2, -0.15) is 0 Å². The molecule has 18 heavy (non-hydrogen) atoms. The zero-order chi connectivity index (χ0) is 13.0. The number of amides is 1. The Morgan fingerprint density at radius 1 is 1.50 bits per heavy atom. The number of methoxy groups -OCH3 is 1. The Hall–Kier alpha value is -1.62. The van der Waals surface area contributed by atoms with Gasteiger partial charge in [0, 0.05) is 38.4 Å². The van der Waals surface area contributed by atoms with E-state index in [2.05, 4.69) is 4.98 Å². The second kappa shape index (κ2) is 5.82. The van der Waals surface area contributed by atoms with Crippen LogP contribution in [0.4, 0.5) is 5.82 Å². The minimum atomic E-state index is 0.0387. The first-order valence-corrected chi connectivity index (χ1v) is 6.07. The van der Waals surface area contributed by atoms with Crippen LogP contribution in [-0.2, 0) is 9.53 Å². The summed E-state index contributed by atoms with van der Waals surface area (Å²) >= 11 is 0. The Balaban J connectivity index is 2.09. The summed E-state index contributed by atoms with van der Waals surface area (Å²) in [6, 6.07) is 3.52. The van der Waals surface area contributed by atoms with E-state index in [1.54, 1.807) is 37.4 Å². The average molecular weight is 250 g/mol. The molecule has 1 fully saturated rings. The predicted octanol–water partition coefficient (Wildman–Crippen LogP) is 1.48. The van der Waals surface area contributed by atoms with Crippen LogP contribution in [0, 0.1) is 5.92 Å². The number of anilines is 1. The lowest BCUT2D eigenvalue weighted by atomic mass is 9.99. The molecular formula is C13H18N2O3. The van der Waals surface area contributed by atoms with E-state index in [0.717, 1.165) is 12.8 Å². The van der Waals surface area contributed by atoms with E-state index in [4.69, 9.17) is 9.47 Å². The van der Waals surface area contributed by atoms with Crippen LogP contribution in [-0.4, -0.2) is 38.3 Å². The Labute approximate surface area is 107 Å². The highest BCUT2D eigenvalue weighted by molar-refractivity contribution is 5.93. The summed E-state index contributed by atoms with van der Waals surface area (Å²) in [6.07, 6.45) is 3.21. The number of carbonyl (C=O) groups excluding carboxylic acids is 1. The van der Waals surface area contributed by atoms with Crippen molar-refractivity contribution in [2.24, 2.45) is 5.92 Å². The predicted molar refractivity (Wildman–Crippen MR) is 67.7 cm³/mol. The number of pyridine rings is 1. The van der Waals surface area contributed by atoms with Crippen molar-refractivity contribution in [3.63, 3.8) is 0 Å². The minimum Gasteiger partial charge on any atom is -0.497 e. The van der Waals surface area contributed by atoms with E-state index in [1.165, 1.54) is 0 Å². The van der Waals surface area contributed by atoms with Crippen molar-refractivity contribution in [1.82, 2.24) is 4.98 Å². The molecule has 1 amide bonds. The van der Waals surface area contributed by atoms with Gasteiger partial charge in [0.2, 0.25) is 5.91 Å². The second-order valence-corrected chi connectivity index (χ2v) is 4.34. The maximum absolute atomic E-state index is 12.3. The molecule has 0 N–H and O–H groups in total. The van der Waals surface area contributed by atoms with E-state index in [9.17, 15) is 4.79 Å². The molecule has 98 valence electrons. The molecule has 2 heterocycles. The van der Waals surface area contributed by atoms with Crippen LogP contribution < -0.4 is 9.64 Å². The Morgan fingerprint density at radius 2 is 2.22 bits per heavy atom. The first-order chi connectivity index (χ1) is 8.72. The molecule has 0 radical (unpaired) electrons. The van der Waals surface area contributed by atoms with E-state index >= 15 is 0 Å².